The fourth-order valence-corrected chi connectivity index (χ4v) is 7.02. The minimum Gasteiger partial charge on any atom is -0.508 e. The second-order valence-electron chi connectivity index (χ2n) is 12.8. The van der Waals surface area contributed by atoms with E-state index in [1.54, 1.807) is 18.2 Å². The van der Waals surface area contributed by atoms with Gasteiger partial charge in [-0.1, -0.05) is 38.1 Å². The summed E-state index contributed by atoms with van der Waals surface area (Å²) in [5.41, 5.74) is -1.17. The van der Waals surface area contributed by atoms with Crippen LogP contribution >= 0.6 is 0 Å². The number of aromatic hydroxyl groups is 1. The summed E-state index contributed by atoms with van der Waals surface area (Å²) in [5.74, 6) is 0.800. The molecule has 1 heterocycles. The van der Waals surface area contributed by atoms with E-state index in [9.17, 15) is 28.2 Å². The average Bonchev–Trinajstić information content (AvgIpc) is 3.73. The molecular weight excluding hydrogens is 529 g/mol. The molecule has 1 aliphatic heterocycles. The monoisotopic (exact) mass is 570 g/mol. The lowest BCUT2D eigenvalue weighted by molar-refractivity contribution is -0.147. The van der Waals surface area contributed by atoms with Crippen LogP contribution in [0.2, 0.25) is 0 Å². The summed E-state index contributed by atoms with van der Waals surface area (Å²) in [6.07, 6.45) is 3.29. The third-order valence-corrected chi connectivity index (χ3v) is 9.24. The quantitative estimate of drug-likeness (QED) is 0.369. The summed E-state index contributed by atoms with van der Waals surface area (Å²) in [6.45, 7) is 6.99. The van der Waals surface area contributed by atoms with Crippen LogP contribution in [0, 0.1) is 11.8 Å². The summed E-state index contributed by atoms with van der Waals surface area (Å²) in [4.78, 5) is 17.9. The molecule has 1 amide bonds. The molecule has 222 valence electrons. The molecule has 0 aromatic heterocycles. The van der Waals surface area contributed by atoms with Gasteiger partial charge < -0.3 is 20.0 Å². The first-order valence-electron chi connectivity index (χ1n) is 14.8. The Labute approximate surface area is 240 Å². The van der Waals surface area contributed by atoms with Crippen molar-refractivity contribution in [3.63, 3.8) is 0 Å². The third-order valence-electron chi connectivity index (χ3n) is 9.24. The van der Waals surface area contributed by atoms with Crippen LogP contribution in [0.25, 0.3) is 6.08 Å². The lowest BCUT2D eigenvalue weighted by atomic mass is 9.55. The molecular formula is C33H41F3N2O3. The van der Waals surface area contributed by atoms with Gasteiger partial charge >= 0.3 is 6.18 Å². The van der Waals surface area contributed by atoms with Gasteiger partial charge in [0.15, 0.2) is 0 Å². The second kappa shape index (κ2) is 11.4. The number of phenolic OH excluding ortho intramolecular Hbond substituents is 1. The maximum Gasteiger partial charge on any atom is 0.416 e. The van der Waals surface area contributed by atoms with Crippen molar-refractivity contribution >= 4 is 12.0 Å². The lowest BCUT2D eigenvalue weighted by Gasteiger charge is -2.59. The van der Waals surface area contributed by atoms with Crippen LogP contribution in [0.1, 0.15) is 69.1 Å². The Balaban J connectivity index is 1.43. The van der Waals surface area contributed by atoms with Crippen molar-refractivity contribution in [2.45, 2.75) is 75.6 Å². The fourth-order valence-electron chi connectivity index (χ4n) is 7.02. The van der Waals surface area contributed by atoms with Gasteiger partial charge in [0, 0.05) is 37.2 Å². The summed E-state index contributed by atoms with van der Waals surface area (Å²) in [7, 11) is 0. The first-order valence-corrected chi connectivity index (χ1v) is 14.8. The molecule has 3 fully saturated rings. The largest absolute Gasteiger partial charge is 0.508 e. The summed E-state index contributed by atoms with van der Waals surface area (Å²) in [5, 5.41) is 22.7. The van der Waals surface area contributed by atoms with Crippen LogP contribution < -0.4 is 0 Å². The van der Waals surface area contributed by atoms with Gasteiger partial charge in [-0.3, -0.25) is 4.79 Å². The van der Waals surface area contributed by atoms with Crippen LogP contribution in [0.4, 0.5) is 13.2 Å². The standard InChI is InChI=1S/C33H41F3N2O3/c1-23(2)20-38(30(40)12-11-24-5-3-7-27(17-24)33(34,35)36)28-13-14-32(41)22-37(21-25-9-10-25)16-15-31(32,19-28)26-6-4-8-29(39)18-26/h3-8,11-12,17-18,23,25,28,39,41H,9-10,13-16,19-22H2,1-2H3/b12-11+. The summed E-state index contributed by atoms with van der Waals surface area (Å²) in [6, 6.07) is 12.0. The summed E-state index contributed by atoms with van der Waals surface area (Å²) >= 11 is 0. The van der Waals surface area contributed by atoms with Crippen LogP contribution in [0.5, 0.6) is 5.75 Å². The van der Waals surface area contributed by atoms with Crippen LogP contribution in [-0.2, 0) is 16.4 Å². The SMILES string of the molecule is CC(C)CN(C(=O)/C=C/c1cccc(C(F)(F)F)c1)C1CCC2(O)CN(CC3CC3)CCC2(c2cccc(O)c2)C1. The Bertz CT molecular complexity index is 1270. The number of benzene rings is 2. The highest BCUT2D eigenvalue weighted by molar-refractivity contribution is 5.92. The van der Waals surface area contributed by atoms with E-state index in [-0.39, 0.29) is 23.6 Å². The number of piperidine rings is 1. The van der Waals surface area contributed by atoms with E-state index in [1.807, 2.05) is 30.9 Å². The third kappa shape index (κ3) is 6.49. The number of halogens is 3. The van der Waals surface area contributed by atoms with Gasteiger partial charge in [-0.2, -0.15) is 13.2 Å². The number of phenols is 1. The first kappa shape index (κ1) is 29.6. The molecule has 3 unspecified atom stereocenters. The minimum absolute atomic E-state index is 0.154. The van der Waals surface area contributed by atoms with Gasteiger partial charge in [0.25, 0.3) is 0 Å². The van der Waals surface area contributed by atoms with Crippen LogP contribution in [0.15, 0.2) is 54.6 Å². The number of aliphatic hydroxyl groups is 1. The molecule has 8 heteroatoms. The van der Waals surface area contributed by atoms with E-state index in [0.717, 1.165) is 37.2 Å². The number of carbonyl (C=O) groups excluding carboxylic acids is 1. The van der Waals surface area contributed by atoms with Crippen LogP contribution in [0.3, 0.4) is 0 Å². The van der Waals surface area contributed by atoms with E-state index in [2.05, 4.69) is 4.90 Å². The molecule has 0 bridgehead atoms. The van der Waals surface area contributed by atoms with Gasteiger partial charge in [-0.15, -0.1) is 0 Å². The Morgan fingerprint density at radius 3 is 2.56 bits per heavy atom. The Morgan fingerprint density at radius 1 is 1.12 bits per heavy atom. The number of fused-ring (bicyclic) bond motifs is 1. The fraction of sp³-hybridized carbons (Fsp3) is 0.545. The van der Waals surface area contributed by atoms with Crippen molar-refractivity contribution in [2.75, 3.05) is 26.2 Å². The molecule has 2 N–H and O–H groups in total. The van der Waals surface area contributed by atoms with Gasteiger partial charge in [0.05, 0.1) is 11.2 Å². The number of carbonyl (C=O) groups is 1. The van der Waals surface area contributed by atoms with Gasteiger partial charge in [0.2, 0.25) is 5.91 Å². The molecule has 5 rings (SSSR count). The molecule has 2 aromatic carbocycles. The van der Waals surface area contributed by atoms with Crippen molar-refractivity contribution in [1.29, 1.82) is 0 Å². The molecule has 2 aliphatic carbocycles. The van der Waals surface area contributed by atoms with Gasteiger partial charge in [-0.05, 0) is 98.4 Å². The molecule has 3 atom stereocenters. The average molecular weight is 571 g/mol. The first-order chi connectivity index (χ1) is 19.4. The molecule has 2 aromatic rings. The van der Waals surface area contributed by atoms with Crippen molar-refractivity contribution < 1.29 is 28.2 Å². The van der Waals surface area contributed by atoms with E-state index < -0.39 is 22.8 Å². The van der Waals surface area contributed by atoms with E-state index >= 15 is 0 Å². The highest BCUT2D eigenvalue weighted by Gasteiger charge is 2.58. The maximum absolute atomic E-state index is 13.7. The Hall–Kier alpha value is -2.84. The number of nitrogens with zero attached hydrogens (tertiary/aromatic N) is 2. The smallest absolute Gasteiger partial charge is 0.416 e. The van der Waals surface area contributed by atoms with E-state index in [1.165, 1.54) is 31.1 Å². The van der Waals surface area contributed by atoms with Crippen molar-refractivity contribution in [3.05, 3.63) is 71.3 Å². The van der Waals surface area contributed by atoms with Crippen molar-refractivity contribution in [2.24, 2.45) is 11.8 Å². The van der Waals surface area contributed by atoms with Gasteiger partial charge in [-0.25, -0.2) is 0 Å². The number of alkyl halides is 3. The molecule has 1 saturated heterocycles. The highest BCUT2D eigenvalue weighted by atomic mass is 19.4. The Morgan fingerprint density at radius 2 is 1.88 bits per heavy atom. The lowest BCUT2D eigenvalue weighted by Crippen LogP contribution is -2.67. The molecule has 3 aliphatic rings. The second-order valence-corrected chi connectivity index (χ2v) is 12.8. The number of amides is 1. The Kier molecular flexibility index (Phi) is 8.27. The molecule has 2 saturated carbocycles. The number of likely N-dealkylation sites (tertiary alicyclic amines) is 1. The predicted molar refractivity (Wildman–Crippen MR) is 153 cm³/mol. The predicted octanol–water partition coefficient (Wildman–Crippen LogP) is 6.25. The number of rotatable bonds is 8. The van der Waals surface area contributed by atoms with E-state index in [4.69, 9.17) is 0 Å². The minimum atomic E-state index is -4.45. The highest BCUT2D eigenvalue weighted by Crippen LogP contribution is 2.53. The zero-order valence-electron chi connectivity index (χ0n) is 23.9. The zero-order valence-corrected chi connectivity index (χ0v) is 23.9. The molecule has 0 spiro atoms. The van der Waals surface area contributed by atoms with Crippen LogP contribution in [-0.4, -0.2) is 63.7 Å². The number of hydrogen-bond acceptors (Lipinski definition) is 4. The van der Waals surface area contributed by atoms with Gasteiger partial charge in [0.1, 0.15) is 5.75 Å². The molecule has 41 heavy (non-hydrogen) atoms. The van der Waals surface area contributed by atoms with Crippen molar-refractivity contribution in [3.8, 4) is 5.75 Å². The molecule has 5 nitrogen and oxygen atoms in total. The molecule has 0 radical (unpaired) electrons. The zero-order chi connectivity index (χ0) is 29.4. The normalized spacial score (nSPS) is 27.2. The summed E-state index contributed by atoms with van der Waals surface area (Å²) < 4.78 is 39.6. The maximum atomic E-state index is 13.7. The topological polar surface area (TPSA) is 64.0 Å². The number of β-amino-alcohol motifs (C(OH)–C–C–N with tert-alkyl or cyclic N) is 1. The van der Waals surface area contributed by atoms with E-state index in [0.29, 0.717) is 43.8 Å². The number of hydrogen-bond donors (Lipinski definition) is 2. The van der Waals surface area contributed by atoms with Crippen molar-refractivity contribution in [1.82, 2.24) is 9.80 Å².